The summed E-state index contributed by atoms with van der Waals surface area (Å²) < 4.78 is 39.4. The molecule has 1 aliphatic rings. The molecule has 1 aliphatic heterocycles. The molecule has 7 nitrogen and oxygen atoms in total. The van der Waals surface area contributed by atoms with Crippen molar-refractivity contribution in [1.82, 2.24) is 19.9 Å². The van der Waals surface area contributed by atoms with Crippen LogP contribution in [0.15, 0.2) is 24.8 Å². The number of fused-ring (bicyclic) bond motifs is 1. The second kappa shape index (κ2) is 9.99. The zero-order chi connectivity index (χ0) is 21.6. The predicted molar refractivity (Wildman–Crippen MR) is 102 cm³/mol. The molecule has 0 bridgehead atoms. The third-order valence-corrected chi connectivity index (χ3v) is 5.26. The number of thiophene rings is 1. The number of halogens is 3. The Kier molecular flexibility index (Phi) is 7.94. The molecule has 2 aromatic heterocycles. The van der Waals surface area contributed by atoms with Crippen LogP contribution in [-0.2, 0) is 29.5 Å². The van der Waals surface area contributed by atoms with Gasteiger partial charge in [-0.3, -0.25) is 9.58 Å². The molecule has 0 amide bonds. The highest BCUT2D eigenvalue weighted by atomic mass is 32.1. The number of rotatable bonds is 6. The van der Waals surface area contributed by atoms with Crippen LogP contribution < -0.4 is 0 Å². The Labute approximate surface area is 170 Å². The summed E-state index contributed by atoms with van der Waals surface area (Å²) in [6.07, 6.45) is -2.31. The van der Waals surface area contributed by atoms with Crippen LogP contribution in [0.4, 0.5) is 13.2 Å². The second-order valence-corrected chi connectivity index (χ2v) is 7.80. The van der Waals surface area contributed by atoms with Crippen molar-refractivity contribution in [3.63, 3.8) is 0 Å². The molecule has 2 aromatic rings. The summed E-state index contributed by atoms with van der Waals surface area (Å²) in [4.78, 5) is 14.1. The summed E-state index contributed by atoms with van der Waals surface area (Å²) in [7, 11) is 1.96. The first-order chi connectivity index (χ1) is 13.6. The molecule has 3 heterocycles. The highest BCUT2D eigenvalue weighted by Crippen LogP contribution is 2.30. The molecule has 0 spiro atoms. The van der Waals surface area contributed by atoms with Crippen molar-refractivity contribution in [3.05, 3.63) is 45.9 Å². The molecule has 1 N–H and O–H groups in total. The first kappa shape index (κ1) is 23.0. The topological polar surface area (TPSA) is 80.5 Å². The van der Waals surface area contributed by atoms with Gasteiger partial charge in [-0.1, -0.05) is 11.3 Å². The van der Waals surface area contributed by atoms with Gasteiger partial charge in [-0.2, -0.15) is 13.2 Å². The van der Waals surface area contributed by atoms with E-state index in [1.165, 1.54) is 15.4 Å². The minimum absolute atomic E-state index is 0.166. The van der Waals surface area contributed by atoms with Crippen LogP contribution in [0.1, 0.15) is 27.2 Å². The van der Waals surface area contributed by atoms with Gasteiger partial charge in [0, 0.05) is 36.3 Å². The fraction of sp³-hybridized carbons (Fsp3) is 0.500. The molecule has 0 saturated heterocycles. The summed E-state index contributed by atoms with van der Waals surface area (Å²) in [6, 6.07) is 4.56. The largest absolute Gasteiger partial charge is 0.490 e. The Bertz CT molecular complexity index is 835. The van der Waals surface area contributed by atoms with Crippen LogP contribution in [0.5, 0.6) is 0 Å². The van der Waals surface area contributed by atoms with Crippen LogP contribution in [0.25, 0.3) is 0 Å². The van der Waals surface area contributed by atoms with Gasteiger partial charge in [0.1, 0.15) is 5.69 Å². The minimum Gasteiger partial charge on any atom is -0.475 e. The third kappa shape index (κ3) is 6.38. The van der Waals surface area contributed by atoms with Crippen molar-refractivity contribution in [2.75, 3.05) is 19.8 Å². The number of alkyl halides is 3. The maximum absolute atomic E-state index is 10.6. The van der Waals surface area contributed by atoms with Gasteiger partial charge in [-0.25, -0.2) is 4.79 Å². The van der Waals surface area contributed by atoms with E-state index in [0.29, 0.717) is 13.2 Å². The van der Waals surface area contributed by atoms with Crippen LogP contribution in [0.3, 0.4) is 0 Å². The maximum atomic E-state index is 10.6. The molecule has 3 rings (SSSR count). The molecular formula is C18H23F3N4O3S. The first-order valence-corrected chi connectivity index (χ1v) is 9.61. The normalized spacial score (nSPS) is 16.7. The van der Waals surface area contributed by atoms with E-state index in [-0.39, 0.29) is 6.04 Å². The maximum Gasteiger partial charge on any atom is 0.490 e. The van der Waals surface area contributed by atoms with Crippen LogP contribution in [-0.4, -0.2) is 56.9 Å². The lowest BCUT2D eigenvalue weighted by Gasteiger charge is -2.34. The molecule has 0 fully saturated rings. The molecule has 1 unspecified atom stereocenters. The Hall–Kier alpha value is -2.24. The molecule has 29 heavy (non-hydrogen) atoms. The van der Waals surface area contributed by atoms with Gasteiger partial charge in [-0.15, -0.1) is 23.0 Å². The van der Waals surface area contributed by atoms with E-state index < -0.39 is 12.1 Å². The van der Waals surface area contributed by atoms with E-state index in [2.05, 4.69) is 40.8 Å². The Morgan fingerprint density at radius 3 is 2.72 bits per heavy atom. The number of carbonyl (C=O) groups is 1. The molecule has 160 valence electrons. The summed E-state index contributed by atoms with van der Waals surface area (Å²) >= 11 is 1.86. The Balaban J connectivity index is 0.000000370. The van der Waals surface area contributed by atoms with E-state index in [4.69, 9.17) is 14.6 Å². The molecule has 1 atom stereocenters. The number of carboxylic acid groups (broad SMARTS) is 1. The molecule has 0 saturated carbocycles. The summed E-state index contributed by atoms with van der Waals surface area (Å²) in [5, 5.41) is 15.7. The van der Waals surface area contributed by atoms with Gasteiger partial charge >= 0.3 is 12.1 Å². The number of carboxylic acids is 1. The van der Waals surface area contributed by atoms with Crippen LogP contribution in [0.2, 0.25) is 0 Å². The number of hydrogen-bond acceptors (Lipinski definition) is 6. The molecule has 0 radical (unpaired) electrons. The number of hydrogen-bond donors (Lipinski definition) is 1. The smallest absolute Gasteiger partial charge is 0.475 e. The van der Waals surface area contributed by atoms with Crippen molar-refractivity contribution >= 4 is 17.3 Å². The summed E-state index contributed by atoms with van der Waals surface area (Å²) in [5.41, 5.74) is 2.29. The number of ether oxygens (including phenoxy) is 1. The zero-order valence-corrected chi connectivity index (χ0v) is 17.0. The van der Waals surface area contributed by atoms with Gasteiger partial charge in [-0.05, 0) is 19.1 Å². The monoisotopic (exact) mass is 432 g/mol. The quantitative estimate of drug-likeness (QED) is 0.558. The van der Waals surface area contributed by atoms with Crippen molar-refractivity contribution in [1.29, 1.82) is 0 Å². The first-order valence-electron chi connectivity index (χ1n) is 8.80. The lowest BCUT2D eigenvalue weighted by atomic mass is 10.0. The highest BCUT2D eigenvalue weighted by Gasteiger charge is 2.38. The van der Waals surface area contributed by atoms with E-state index in [1.54, 1.807) is 6.08 Å². The lowest BCUT2D eigenvalue weighted by Crippen LogP contribution is -2.37. The van der Waals surface area contributed by atoms with E-state index in [0.717, 1.165) is 25.2 Å². The lowest BCUT2D eigenvalue weighted by molar-refractivity contribution is -0.192. The van der Waals surface area contributed by atoms with E-state index >= 15 is 0 Å². The van der Waals surface area contributed by atoms with Crippen molar-refractivity contribution in [2.45, 2.75) is 32.1 Å². The fourth-order valence-corrected chi connectivity index (χ4v) is 3.84. The van der Waals surface area contributed by atoms with Gasteiger partial charge in [0.2, 0.25) is 0 Å². The van der Waals surface area contributed by atoms with E-state index in [1.807, 2.05) is 23.1 Å². The molecule has 0 aromatic carbocycles. The van der Waals surface area contributed by atoms with Gasteiger partial charge in [0.05, 0.1) is 24.9 Å². The fourth-order valence-electron chi connectivity index (χ4n) is 2.93. The van der Waals surface area contributed by atoms with Gasteiger partial charge in [0.15, 0.2) is 0 Å². The number of aromatic nitrogens is 3. The molecular weight excluding hydrogens is 409 g/mol. The Morgan fingerprint density at radius 2 is 2.17 bits per heavy atom. The standard InChI is InChI=1S/C16H22N4OS.C2HF3O2/c1-4-9-21-11-15-16-14(19(3)18-17-16)7-8-20(15)10-13-6-5-12(2)22-13;3-2(4,5)1(6)7/h4-6,15H,1,7-11H2,2-3H3;(H,6,7). The average molecular weight is 432 g/mol. The molecule has 11 heteroatoms. The third-order valence-electron chi connectivity index (χ3n) is 4.27. The highest BCUT2D eigenvalue weighted by molar-refractivity contribution is 7.11. The van der Waals surface area contributed by atoms with Gasteiger partial charge < -0.3 is 9.84 Å². The Morgan fingerprint density at radius 1 is 1.48 bits per heavy atom. The summed E-state index contributed by atoms with van der Waals surface area (Å²) in [5.74, 6) is -2.76. The number of aliphatic carboxylic acids is 1. The number of nitrogens with zero attached hydrogens (tertiary/aromatic N) is 4. The van der Waals surface area contributed by atoms with Gasteiger partial charge in [0.25, 0.3) is 0 Å². The molecule has 0 aliphatic carbocycles. The SMILES string of the molecule is C=CCOCC1c2nnn(C)c2CCN1Cc1ccc(C)s1.O=C(O)C(F)(F)F. The van der Waals surface area contributed by atoms with Crippen molar-refractivity contribution in [2.24, 2.45) is 7.05 Å². The van der Waals surface area contributed by atoms with Crippen molar-refractivity contribution < 1.29 is 27.8 Å². The second-order valence-electron chi connectivity index (χ2n) is 6.42. The van der Waals surface area contributed by atoms with E-state index in [9.17, 15) is 13.2 Å². The van der Waals surface area contributed by atoms with Crippen LogP contribution >= 0.6 is 11.3 Å². The summed E-state index contributed by atoms with van der Waals surface area (Å²) in [6.45, 7) is 9.00. The number of aryl methyl sites for hydroxylation is 2. The predicted octanol–water partition coefficient (Wildman–Crippen LogP) is 3.12. The zero-order valence-electron chi connectivity index (χ0n) is 16.1. The van der Waals surface area contributed by atoms with Crippen LogP contribution in [0, 0.1) is 6.92 Å². The average Bonchev–Trinajstić information content (AvgIpc) is 3.22. The minimum atomic E-state index is -5.08. The van der Waals surface area contributed by atoms with Crippen molar-refractivity contribution in [3.8, 4) is 0 Å².